The minimum absolute atomic E-state index is 0.0943. The Morgan fingerprint density at radius 1 is 1.15 bits per heavy atom. The Morgan fingerprint density at radius 3 is 2.22 bits per heavy atom. The van der Waals surface area contributed by atoms with Crippen LogP contribution in [0.3, 0.4) is 0 Å². The number of halogens is 3. The van der Waals surface area contributed by atoms with Crippen LogP contribution in [0.2, 0.25) is 0 Å². The van der Waals surface area contributed by atoms with E-state index in [-0.39, 0.29) is 17.1 Å². The van der Waals surface area contributed by atoms with Crippen molar-refractivity contribution in [1.29, 1.82) is 0 Å². The Labute approximate surface area is 153 Å². The first-order chi connectivity index (χ1) is 12.5. The van der Waals surface area contributed by atoms with Crippen LogP contribution < -0.4 is 9.62 Å². The third kappa shape index (κ3) is 4.74. The van der Waals surface area contributed by atoms with E-state index in [4.69, 9.17) is 0 Å². The van der Waals surface area contributed by atoms with Gasteiger partial charge in [0, 0.05) is 19.7 Å². The number of anilines is 1. The number of nitrogens with zero attached hydrogens (tertiary/aromatic N) is 2. The van der Waals surface area contributed by atoms with Crippen molar-refractivity contribution in [3.05, 3.63) is 63.7 Å². The molecule has 0 aromatic heterocycles. The summed E-state index contributed by atoms with van der Waals surface area (Å²) in [4.78, 5) is 11.8. The zero-order valence-corrected chi connectivity index (χ0v) is 15.1. The summed E-state index contributed by atoms with van der Waals surface area (Å²) < 4.78 is 63.6. The van der Waals surface area contributed by atoms with Gasteiger partial charge in [-0.25, -0.2) is 13.1 Å². The van der Waals surface area contributed by atoms with Crippen molar-refractivity contribution in [1.82, 2.24) is 4.72 Å². The molecule has 0 fully saturated rings. The van der Waals surface area contributed by atoms with E-state index in [9.17, 15) is 31.7 Å². The van der Waals surface area contributed by atoms with Gasteiger partial charge in [0.15, 0.2) is 0 Å². The molecule has 146 valence electrons. The summed E-state index contributed by atoms with van der Waals surface area (Å²) in [6, 6.07) is 7.87. The Morgan fingerprint density at radius 2 is 1.74 bits per heavy atom. The molecule has 1 N–H and O–H groups in total. The lowest BCUT2D eigenvalue weighted by Gasteiger charge is -2.20. The molecule has 27 heavy (non-hydrogen) atoms. The van der Waals surface area contributed by atoms with E-state index in [0.717, 1.165) is 18.2 Å². The lowest BCUT2D eigenvalue weighted by Crippen LogP contribution is -2.20. The topological polar surface area (TPSA) is 92.6 Å². The van der Waals surface area contributed by atoms with Crippen LogP contribution in [0.15, 0.2) is 47.4 Å². The molecule has 0 aliphatic heterocycles. The van der Waals surface area contributed by atoms with Crippen LogP contribution in [0.25, 0.3) is 0 Å². The monoisotopic (exact) mass is 403 g/mol. The highest BCUT2D eigenvalue weighted by Crippen LogP contribution is 2.32. The van der Waals surface area contributed by atoms with Crippen LogP contribution in [0.5, 0.6) is 0 Å². The van der Waals surface area contributed by atoms with Crippen molar-refractivity contribution in [3.8, 4) is 0 Å². The summed E-state index contributed by atoms with van der Waals surface area (Å²) >= 11 is 0. The van der Waals surface area contributed by atoms with Gasteiger partial charge in [-0.15, -0.1) is 0 Å². The maximum absolute atomic E-state index is 12.6. The van der Waals surface area contributed by atoms with Gasteiger partial charge < -0.3 is 4.90 Å². The SMILES string of the molecule is CNS(=O)(=O)c1ccc(N(C)Cc2ccc(C(F)(F)F)cc2)c([N+](=O)[O-])c1. The Hall–Kier alpha value is -2.66. The van der Waals surface area contributed by atoms with Gasteiger partial charge >= 0.3 is 6.18 Å². The molecule has 0 radical (unpaired) electrons. The van der Waals surface area contributed by atoms with Crippen LogP contribution in [-0.4, -0.2) is 27.4 Å². The van der Waals surface area contributed by atoms with Crippen molar-refractivity contribution < 1.29 is 26.5 Å². The smallest absolute Gasteiger partial charge is 0.365 e. The molecule has 11 heteroatoms. The molecule has 0 unspecified atom stereocenters. The third-order valence-electron chi connectivity index (χ3n) is 3.83. The highest BCUT2D eigenvalue weighted by atomic mass is 32.2. The van der Waals surface area contributed by atoms with Gasteiger partial charge in [0.25, 0.3) is 5.69 Å². The maximum atomic E-state index is 12.6. The molecule has 0 aliphatic carbocycles. The minimum atomic E-state index is -4.45. The number of hydrogen-bond acceptors (Lipinski definition) is 5. The van der Waals surface area contributed by atoms with Gasteiger partial charge in [-0.2, -0.15) is 13.2 Å². The predicted octanol–water partition coefficient (Wildman–Crippen LogP) is 3.16. The molecule has 0 spiro atoms. The van der Waals surface area contributed by atoms with Gasteiger partial charge in [-0.05, 0) is 36.9 Å². The number of alkyl halides is 3. The number of rotatable bonds is 6. The van der Waals surface area contributed by atoms with Gasteiger partial charge in [-0.3, -0.25) is 10.1 Å². The molecular formula is C16H16F3N3O4S. The summed E-state index contributed by atoms with van der Waals surface area (Å²) in [7, 11) is -1.15. The fourth-order valence-corrected chi connectivity index (χ4v) is 3.17. The molecule has 0 aliphatic rings. The van der Waals surface area contributed by atoms with Gasteiger partial charge in [0.1, 0.15) is 5.69 Å². The van der Waals surface area contributed by atoms with E-state index in [1.165, 1.54) is 43.3 Å². The molecule has 0 bridgehead atoms. The number of nitrogens with one attached hydrogen (secondary N) is 1. The molecule has 7 nitrogen and oxygen atoms in total. The van der Waals surface area contributed by atoms with Crippen molar-refractivity contribution in [2.75, 3.05) is 19.0 Å². The molecular weight excluding hydrogens is 387 g/mol. The molecule has 2 aromatic carbocycles. The summed E-state index contributed by atoms with van der Waals surface area (Å²) in [5.74, 6) is 0. The average Bonchev–Trinajstić information content (AvgIpc) is 2.60. The van der Waals surface area contributed by atoms with Crippen molar-refractivity contribution in [2.24, 2.45) is 0 Å². The quantitative estimate of drug-likeness (QED) is 0.591. The van der Waals surface area contributed by atoms with E-state index < -0.39 is 32.4 Å². The second-order valence-corrected chi connectivity index (χ2v) is 7.55. The van der Waals surface area contributed by atoms with Crippen molar-refractivity contribution in [2.45, 2.75) is 17.6 Å². The van der Waals surface area contributed by atoms with Crippen molar-refractivity contribution >= 4 is 21.4 Å². The standard InChI is InChI=1S/C16H16F3N3O4S/c1-20-27(25,26)13-7-8-14(15(9-13)22(23)24)21(2)10-11-3-5-12(6-4-11)16(17,18)19/h3-9,20H,10H2,1-2H3. The fourth-order valence-electron chi connectivity index (χ4n) is 2.42. The van der Waals surface area contributed by atoms with Gasteiger partial charge in [-0.1, -0.05) is 12.1 Å². The predicted molar refractivity (Wildman–Crippen MR) is 92.9 cm³/mol. The van der Waals surface area contributed by atoms with E-state index >= 15 is 0 Å². The summed E-state index contributed by atoms with van der Waals surface area (Å²) in [6.45, 7) is 0.0943. The summed E-state index contributed by atoms with van der Waals surface area (Å²) in [5, 5.41) is 11.3. The van der Waals surface area contributed by atoms with Gasteiger partial charge in [0.2, 0.25) is 10.0 Å². The van der Waals surface area contributed by atoms with E-state index in [2.05, 4.69) is 4.72 Å². The Bertz CT molecular complexity index is 944. The first-order valence-electron chi connectivity index (χ1n) is 7.55. The van der Waals surface area contributed by atoms with Crippen LogP contribution in [-0.2, 0) is 22.7 Å². The van der Waals surface area contributed by atoms with Crippen LogP contribution in [0.1, 0.15) is 11.1 Å². The first-order valence-corrected chi connectivity index (χ1v) is 9.03. The molecule has 0 saturated heterocycles. The Balaban J connectivity index is 2.33. The van der Waals surface area contributed by atoms with Crippen LogP contribution >= 0.6 is 0 Å². The third-order valence-corrected chi connectivity index (χ3v) is 5.25. The second kappa shape index (κ2) is 7.53. The zero-order chi connectivity index (χ0) is 20.4. The summed E-state index contributed by atoms with van der Waals surface area (Å²) in [6.07, 6.45) is -4.45. The first kappa shape index (κ1) is 20.6. The lowest BCUT2D eigenvalue weighted by atomic mass is 10.1. The number of sulfonamides is 1. The molecule has 0 saturated carbocycles. The lowest BCUT2D eigenvalue weighted by molar-refractivity contribution is -0.384. The minimum Gasteiger partial charge on any atom is -0.365 e. The number of benzene rings is 2. The molecule has 2 rings (SSSR count). The summed E-state index contributed by atoms with van der Waals surface area (Å²) in [5.41, 5.74) is -0.580. The highest BCUT2D eigenvalue weighted by Gasteiger charge is 2.30. The van der Waals surface area contributed by atoms with Crippen LogP contribution in [0, 0.1) is 10.1 Å². The molecule has 0 heterocycles. The van der Waals surface area contributed by atoms with E-state index in [1.54, 1.807) is 0 Å². The number of nitro groups is 1. The van der Waals surface area contributed by atoms with E-state index in [0.29, 0.717) is 5.56 Å². The fraction of sp³-hybridized carbons (Fsp3) is 0.250. The maximum Gasteiger partial charge on any atom is 0.416 e. The largest absolute Gasteiger partial charge is 0.416 e. The molecule has 0 amide bonds. The molecule has 2 aromatic rings. The average molecular weight is 403 g/mol. The highest BCUT2D eigenvalue weighted by molar-refractivity contribution is 7.89. The normalized spacial score (nSPS) is 12.0. The van der Waals surface area contributed by atoms with Gasteiger partial charge in [0.05, 0.1) is 15.4 Å². The van der Waals surface area contributed by atoms with Crippen molar-refractivity contribution in [3.63, 3.8) is 0 Å². The zero-order valence-electron chi connectivity index (χ0n) is 14.3. The van der Waals surface area contributed by atoms with Crippen LogP contribution in [0.4, 0.5) is 24.5 Å². The number of nitro benzene ring substituents is 1. The van der Waals surface area contributed by atoms with E-state index in [1.807, 2.05) is 0 Å². The second-order valence-electron chi connectivity index (χ2n) is 5.67. The Kier molecular flexibility index (Phi) is 5.76. The molecule has 0 atom stereocenters. The number of hydrogen-bond donors (Lipinski definition) is 1.